The van der Waals surface area contributed by atoms with E-state index in [1.807, 2.05) is 13.8 Å². The Hall–Kier alpha value is -2.74. The number of aromatic amines is 1. The SMILES string of the molecule is COc1c([C@@H]2[C@H](C)[C@@H](C)O[C@H]2c2cc(=O)c(N(C)C(C)=O)c(C)[nH]2)ccc(F)c1F. The summed E-state index contributed by atoms with van der Waals surface area (Å²) in [7, 11) is 2.82. The number of aromatic nitrogens is 1. The first kappa shape index (κ1) is 22.0. The number of halogens is 2. The summed E-state index contributed by atoms with van der Waals surface area (Å²) in [6, 6.07) is 3.96. The van der Waals surface area contributed by atoms with Crippen LogP contribution in [0.5, 0.6) is 5.75 Å². The predicted octanol–water partition coefficient (Wildman–Crippen LogP) is 3.83. The number of carbonyl (C=O) groups is 1. The van der Waals surface area contributed by atoms with Gasteiger partial charge in [0.05, 0.1) is 13.2 Å². The van der Waals surface area contributed by atoms with Gasteiger partial charge in [-0.05, 0) is 25.8 Å². The molecule has 1 fully saturated rings. The summed E-state index contributed by atoms with van der Waals surface area (Å²) in [5.74, 6) is -2.91. The highest BCUT2D eigenvalue weighted by Gasteiger charge is 2.44. The monoisotopic (exact) mass is 420 g/mol. The fourth-order valence-corrected chi connectivity index (χ4v) is 4.17. The van der Waals surface area contributed by atoms with E-state index in [1.165, 1.54) is 38.1 Å². The van der Waals surface area contributed by atoms with E-state index in [4.69, 9.17) is 9.47 Å². The molecule has 4 atom stereocenters. The van der Waals surface area contributed by atoms with Crippen LogP contribution in [-0.4, -0.2) is 31.2 Å². The van der Waals surface area contributed by atoms with Gasteiger partial charge < -0.3 is 19.4 Å². The van der Waals surface area contributed by atoms with Crippen LogP contribution in [0.1, 0.15) is 49.7 Å². The number of amides is 1. The maximum absolute atomic E-state index is 14.4. The van der Waals surface area contributed by atoms with Gasteiger partial charge in [0.25, 0.3) is 0 Å². The lowest BCUT2D eigenvalue weighted by atomic mass is 9.81. The first-order valence-corrected chi connectivity index (χ1v) is 9.73. The zero-order valence-electron chi connectivity index (χ0n) is 17.9. The molecule has 2 heterocycles. The van der Waals surface area contributed by atoms with Gasteiger partial charge in [-0.15, -0.1) is 0 Å². The Morgan fingerprint density at radius 3 is 2.50 bits per heavy atom. The molecular weight excluding hydrogens is 394 g/mol. The average molecular weight is 420 g/mol. The molecule has 6 nitrogen and oxygen atoms in total. The lowest BCUT2D eigenvalue weighted by Gasteiger charge is -2.25. The van der Waals surface area contributed by atoms with Crippen molar-refractivity contribution in [2.75, 3.05) is 19.1 Å². The molecule has 0 unspecified atom stereocenters. The van der Waals surface area contributed by atoms with Crippen LogP contribution in [0.4, 0.5) is 14.5 Å². The molecule has 0 saturated carbocycles. The smallest absolute Gasteiger partial charge is 0.223 e. The van der Waals surface area contributed by atoms with Gasteiger partial charge in [-0.1, -0.05) is 13.0 Å². The van der Waals surface area contributed by atoms with Crippen LogP contribution in [0.25, 0.3) is 0 Å². The van der Waals surface area contributed by atoms with E-state index >= 15 is 0 Å². The zero-order valence-corrected chi connectivity index (χ0v) is 17.9. The third kappa shape index (κ3) is 3.60. The molecule has 3 rings (SSSR count). The lowest BCUT2D eigenvalue weighted by Crippen LogP contribution is -2.30. The number of rotatable bonds is 4. The van der Waals surface area contributed by atoms with E-state index in [2.05, 4.69) is 4.98 Å². The van der Waals surface area contributed by atoms with Crippen molar-refractivity contribution in [2.45, 2.75) is 45.8 Å². The first-order valence-electron chi connectivity index (χ1n) is 9.73. The van der Waals surface area contributed by atoms with E-state index in [0.29, 0.717) is 17.0 Å². The number of carbonyl (C=O) groups excluding carboxylic acids is 1. The van der Waals surface area contributed by atoms with Crippen molar-refractivity contribution in [3.8, 4) is 5.75 Å². The van der Waals surface area contributed by atoms with Crippen molar-refractivity contribution in [2.24, 2.45) is 5.92 Å². The maximum atomic E-state index is 14.4. The van der Waals surface area contributed by atoms with Gasteiger partial charge in [0.15, 0.2) is 11.6 Å². The molecule has 0 aliphatic carbocycles. The van der Waals surface area contributed by atoms with Crippen LogP contribution in [0.2, 0.25) is 0 Å². The Balaban J connectivity index is 2.13. The summed E-state index contributed by atoms with van der Waals surface area (Å²) in [5.41, 5.74) is 1.42. The lowest BCUT2D eigenvalue weighted by molar-refractivity contribution is -0.116. The van der Waals surface area contributed by atoms with Crippen LogP contribution >= 0.6 is 0 Å². The van der Waals surface area contributed by atoms with Gasteiger partial charge in [0.1, 0.15) is 11.8 Å². The number of pyridine rings is 1. The number of anilines is 1. The van der Waals surface area contributed by atoms with Gasteiger partial charge in [0, 0.05) is 42.9 Å². The third-order valence-electron chi connectivity index (χ3n) is 5.96. The molecule has 1 aromatic heterocycles. The second kappa shape index (κ2) is 8.18. The molecule has 30 heavy (non-hydrogen) atoms. The number of aryl methyl sites for hydroxylation is 1. The van der Waals surface area contributed by atoms with Crippen LogP contribution in [0, 0.1) is 24.5 Å². The number of hydrogen-bond acceptors (Lipinski definition) is 4. The van der Waals surface area contributed by atoms with Crippen LogP contribution in [0.3, 0.4) is 0 Å². The minimum Gasteiger partial charge on any atom is -0.493 e. The molecule has 1 aromatic carbocycles. The zero-order chi connectivity index (χ0) is 22.3. The second-order valence-electron chi connectivity index (χ2n) is 7.77. The average Bonchev–Trinajstić information content (AvgIpc) is 2.97. The van der Waals surface area contributed by atoms with Crippen molar-refractivity contribution in [1.29, 1.82) is 0 Å². The Kier molecular flexibility index (Phi) is 5.99. The van der Waals surface area contributed by atoms with Crippen molar-refractivity contribution in [1.82, 2.24) is 4.98 Å². The minimum absolute atomic E-state index is 0.0582. The van der Waals surface area contributed by atoms with Gasteiger partial charge in [0.2, 0.25) is 17.2 Å². The molecule has 162 valence electrons. The summed E-state index contributed by atoms with van der Waals surface area (Å²) >= 11 is 0. The number of methoxy groups -OCH3 is 1. The summed E-state index contributed by atoms with van der Waals surface area (Å²) in [6.07, 6.45) is -0.793. The number of H-pyrrole nitrogens is 1. The van der Waals surface area contributed by atoms with E-state index in [0.717, 1.165) is 6.07 Å². The topological polar surface area (TPSA) is 71.6 Å². The molecule has 8 heteroatoms. The molecule has 0 bridgehead atoms. The molecular formula is C22H26F2N2O4. The number of nitrogens with zero attached hydrogens (tertiary/aromatic N) is 1. The highest BCUT2D eigenvalue weighted by molar-refractivity contribution is 5.91. The standard InChI is InChI=1S/C22H26F2N2O4/c1-10-12(3)30-22(18(10)14-7-8-15(23)19(24)21(14)29-6)16-9-17(28)20(11(2)25-16)26(5)13(4)27/h7-10,12,18,22H,1-6H3,(H,25,28)/t10-,12-,18+,22+/m1/s1. The van der Waals surface area contributed by atoms with Gasteiger partial charge >= 0.3 is 0 Å². The Labute approximate surface area is 173 Å². The summed E-state index contributed by atoms with van der Waals surface area (Å²) < 4.78 is 39.4. The van der Waals surface area contributed by atoms with E-state index in [1.54, 1.807) is 6.92 Å². The fourth-order valence-electron chi connectivity index (χ4n) is 4.17. The summed E-state index contributed by atoms with van der Waals surface area (Å²) in [5, 5.41) is 0. The maximum Gasteiger partial charge on any atom is 0.223 e. The quantitative estimate of drug-likeness (QED) is 0.816. The number of benzene rings is 1. The molecule has 0 spiro atoms. The highest BCUT2D eigenvalue weighted by Crippen LogP contribution is 2.50. The number of hydrogen-bond donors (Lipinski definition) is 1. The third-order valence-corrected chi connectivity index (χ3v) is 5.96. The van der Waals surface area contributed by atoms with Gasteiger partial charge in [-0.25, -0.2) is 4.39 Å². The molecule has 1 N–H and O–H groups in total. The predicted molar refractivity (Wildman–Crippen MR) is 109 cm³/mol. The second-order valence-corrected chi connectivity index (χ2v) is 7.77. The van der Waals surface area contributed by atoms with Crippen LogP contribution in [0.15, 0.2) is 23.0 Å². The van der Waals surface area contributed by atoms with Crippen molar-refractivity contribution < 1.29 is 23.0 Å². The highest BCUT2D eigenvalue weighted by atomic mass is 19.2. The van der Waals surface area contributed by atoms with Gasteiger partial charge in [-0.3, -0.25) is 9.59 Å². The van der Waals surface area contributed by atoms with Crippen LogP contribution in [-0.2, 0) is 9.53 Å². The molecule has 1 aliphatic rings. The van der Waals surface area contributed by atoms with Gasteiger partial charge in [-0.2, -0.15) is 4.39 Å². The molecule has 1 amide bonds. The Bertz CT molecular complexity index is 1040. The number of nitrogens with one attached hydrogen (secondary N) is 1. The largest absolute Gasteiger partial charge is 0.493 e. The fraction of sp³-hybridized carbons (Fsp3) is 0.455. The molecule has 2 aromatic rings. The molecule has 1 aliphatic heterocycles. The summed E-state index contributed by atoms with van der Waals surface area (Å²) in [4.78, 5) is 29.0. The summed E-state index contributed by atoms with van der Waals surface area (Å²) in [6.45, 7) is 6.93. The van der Waals surface area contributed by atoms with E-state index < -0.39 is 17.7 Å². The van der Waals surface area contributed by atoms with E-state index in [-0.39, 0.29) is 40.7 Å². The molecule has 1 saturated heterocycles. The first-order chi connectivity index (χ1) is 14.1. The number of ether oxygens (including phenoxy) is 2. The Morgan fingerprint density at radius 2 is 1.93 bits per heavy atom. The van der Waals surface area contributed by atoms with Crippen molar-refractivity contribution in [3.05, 3.63) is 57.0 Å². The normalized spacial score (nSPS) is 23.5. The van der Waals surface area contributed by atoms with Crippen molar-refractivity contribution >= 4 is 11.6 Å². The molecule has 0 radical (unpaired) electrons. The van der Waals surface area contributed by atoms with E-state index in [9.17, 15) is 18.4 Å². The van der Waals surface area contributed by atoms with Crippen LogP contribution < -0.4 is 15.1 Å². The van der Waals surface area contributed by atoms with Crippen molar-refractivity contribution in [3.63, 3.8) is 0 Å². The Morgan fingerprint density at radius 1 is 1.27 bits per heavy atom. The minimum atomic E-state index is -1.05.